The molecule has 25 heavy (non-hydrogen) atoms. The van der Waals surface area contributed by atoms with Gasteiger partial charge in [0.25, 0.3) is 0 Å². The van der Waals surface area contributed by atoms with Crippen LogP contribution in [-0.4, -0.2) is 15.9 Å². The summed E-state index contributed by atoms with van der Waals surface area (Å²) in [5, 5.41) is 2.56. The van der Waals surface area contributed by atoms with E-state index in [0.29, 0.717) is 11.6 Å². The van der Waals surface area contributed by atoms with Crippen LogP contribution in [0, 0.1) is 6.92 Å². The second-order valence-corrected chi connectivity index (χ2v) is 7.05. The fraction of sp³-hybridized carbons (Fsp3) is 0.250. The highest BCUT2D eigenvalue weighted by molar-refractivity contribution is 7.13. The molecule has 2 heterocycles. The number of hydrogen-bond acceptors (Lipinski definition) is 5. The average Bonchev–Trinajstić information content (AvgIpc) is 3.11. The monoisotopic (exact) mass is 352 g/mol. The number of benzene rings is 1. The van der Waals surface area contributed by atoms with E-state index >= 15 is 0 Å². The van der Waals surface area contributed by atoms with Crippen LogP contribution in [0.2, 0.25) is 0 Å². The molecule has 0 atom stereocenters. The third kappa shape index (κ3) is 4.12. The molecule has 1 aromatic carbocycles. The second kappa shape index (κ2) is 7.57. The highest BCUT2D eigenvalue weighted by Gasteiger charge is 2.14. The molecule has 0 fully saturated rings. The molecule has 5 heteroatoms. The lowest BCUT2D eigenvalue weighted by Crippen LogP contribution is -2.06. The summed E-state index contributed by atoms with van der Waals surface area (Å²) in [5.74, 6) is 0.0800. The third-order valence-corrected chi connectivity index (χ3v) is 4.94. The maximum absolute atomic E-state index is 12.2. The Hall–Kier alpha value is -2.53. The summed E-state index contributed by atoms with van der Waals surface area (Å²) in [6.45, 7) is 6.49. The summed E-state index contributed by atoms with van der Waals surface area (Å²) in [6.07, 6.45) is 3.43. The first kappa shape index (κ1) is 17.3. The van der Waals surface area contributed by atoms with Gasteiger partial charge in [0.2, 0.25) is 0 Å². The molecule has 0 saturated heterocycles. The zero-order valence-corrected chi connectivity index (χ0v) is 15.3. The number of carbonyl (C=O) groups excluding carboxylic acids is 1. The Labute approximate surface area is 151 Å². The van der Waals surface area contributed by atoms with Crippen LogP contribution in [0.1, 0.15) is 46.9 Å². The normalized spacial score (nSPS) is 10.9. The fourth-order valence-electron chi connectivity index (χ4n) is 2.38. The number of aryl methyl sites for hydroxylation is 1. The van der Waals surface area contributed by atoms with E-state index in [9.17, 15) is 4.79 Å². The highest BCUT2D eigenvalue weighted by Crippen LogP contribution is 2.26. The number of hydrogen-bond donors (Lipinski definition) is 0. The van der Waals surface area contributed by atoms with E-state index in [4.69, 9.17) is 4.74 Å². The van der Waals surface area contributed by atoms with E-state index in [-0.39, 0.29) is 6.61 Å². The zero-order valence-electron chi connectivity index (χ0n) is 14.5. The van der Waals surface area contributed by atoms with Gasteiger partial charge in [0, 0.05) is 28.9 Å². The van der Waals surface area contributed by atoms with Crippen LogP contribution in [0.25, 0.3) is 10.6 Å². The first-order chi connectivity index (χ1) is 12.0. The topological polar surface area (TPSA) is 52.1 Å². The average molecular weight is 352 g/mol. The molecule has 0 bridgehead atoms. The van der Waals surface area contributed by atoms with Crippen molar-refractivity contribution in [2.75, 3.05) is 0 Å². The summed E-state index contributed by atoms with van der Waals surface area (Å²) in [5.41, 5.74) is 4.58. The van der Waals surface area contributed by atoms with Crippen LogP contribution >= 0.6 is 11.3 Å². The maximum atomic E-state index is 12.2. The maximum Gasteiger partial charge on any atom is 0.358 e. The lowest BCUT2D eigenvalue weighted by molar-refractivity contribution is 0.0466. The quantitative estimate of drug-likeness (QED) is 0.607. The minimum Gasteiger partial charge on any atom is -0.456 e. The minimum absolute atomic E-state index is 0.203. The van der Waals surface area contributed by atoms with Crippen molar-refractivity contribution < 1.29 is 9.53 Å². The predicted molar refractivity (Wildman–Crippen MR) is 99.7 cm³/mol. The van der Waals surface area contributed by atoms with E-state index in [0.717, 1.165) is 21.7 Å². The van der Waals surface area contributed by atoms with Crippen molar-refractivity contribution in [2.24, 2.45) is 0 Å². The highest BCUT2D eigenvalue weighted by atomic mass is 32.1. The van der Waals surface area contributed by atoms with Gasteiger partial charge in [0.15, 0.2) is 5.69 Å². The predicted octanol–water partition coefficient (Wildman–Crippen LogP) is 4.99. The van der Waals surface area contributed by atoms with Crippen molar-refractivity contribution in [3.05, 3.63) is 70.5 Å². The van der Waals surface area contributed by atoms with Crippen molar-refractivity contribution in [1.82, 2.24) is 9.97 Å². The SMILES string of the molecule is Cc1ccncc1COC(=O)c1csc(-c2ccc(C(C)C)cc2)n1. The molecule has 0 amide bonds. The minimum atomic E-state index is -0.412. The van der Waals surface area contributed by atoms with Gasteiger partial charge in [-0.05, 0) is 30.0 Å². The van der Waals surface area contributed by atoms with Crippen LogP contribution in [0.4, 0.5) is 0 Å². The van der Waals surface area contributed by atoms with Gasteiger partial charge in [-0.15, -0.1) is 11.3 Å². The van der Waals surface area contributed by atoms with Crippen molar-refractivity contribution >= 4 is 17.3 Å². The van der Waals surface area contributed by atoms with E-state index < -0.39 is 5.97 Å². The van der Waals surface area contributed by atoms with Crippen LogP contribution in [-0.2, 0) is 11.3 Å². The van der Waals surface area contributed by atoms with Gasteiger partial charge in [-0.2, -0.15) is 0 Å². The summed E-state index contributed by atoms with van der Waals surface area (Å²) in [6, 6.07) is 10.2. The molecule has 0 aliphatic heterocycles. The lowest BCUT2D eigenvalue weighted by atomic mass is 10.0. The number of rotatable bonds is 5. The summed E-state index contributed by atoms with van der Waals surface area (Å²) < 4.78 is 5.36. The Morgan fingerprint density at radius 2 is 1.96 bits per heavy atom. The Bertz CT molecular complexity index is 869. The molecule has 4 nitrogen and oxygen atoms in total. The van der Waals surface area contributed by atoms with Gasteiger partial charge in [0.1, 0.15) is 11.6 Å². The molecule has 0 N–H and O–H groups in total. The Balaban J connectivity index is 1.68. The Morgan fingerprint density at radius 1 is 1.20 bits per heavy atom. The third-order valence-electron chi connectivity index (χ3n) is 4.04. The van der Waals surface area contributed by atoms with E-state index in [1.807, 2.05) is 25.1 Å². The molecule has 0 unspecified atom stereocenters. The number of nitrogens with zero attached hydrogens (tertiary/aromatic N) is 2. The first-order valence-corrected chi connectivity index (χ1v) is 9.05. The molecular formula is C20H20N2O2S. The van der Waals surface area contributed by atoms with E-state index in [1.54, 1.807) is 17.8 Å². The second-order valence-electron chi connectivity index (χ2n) is 6.19. The largest absolute Gasteiger partial charge is 0.456 e. The number of thiazole rings is 1. The van der Waals surface area contributed by atoms with Gasteiger partial charge >= 0.3 is 5.97 Å². The van der Waals surface area contributed by atoms with Gasteiger partial charge in [-0.1, -0.05) is 38.1 Å². The lowest BCUT2D eigenvalue weighted by Gasteiger charge is -2.06. The van der Waals surface area contributed by atoms with Gasteiger partial charge in [0.05, 0.1) is 0 Å². The smallest absolute Gasteiger partial charge is 0.358 e. The van der Waals surface area contributed by atoms with Crippen molar-refractivity contribution in [3.8, 4) is 10.6 Å². The first-order valence-electron chi connectivity index (χ1n) is 8.17. The number of ether oxygens (including phenoxy) is 1. The Kier molecular flexibility index (Phi) is 5.24. The van der Waals surface area contributed by atoms with Gasteiger partial charge in [-0.25, -0.2) is 9.78 Å². The molecule has 2 aromatic heterocycles. The summed E-state index contributed by atoms with van der Waals surface area (Å²) >= 11 is 1.45. The van der Waals surface area contributed by atoms with Crippen LogP contribution in [0.15, 0.2) is 48.1 Å². The molecule has 128 valence electrons. The molecule has 0 spiro atoms. The van der Waals surface area contributed by atoms with Crippen molar-refractivity contribution in [1.29, 1.82) is 0 Å². The van der Waals surface area contributed by atoms with Gasteiger partial charge in [-0.3, -0.25) is 4.98 Å². The van der Waals surface area contributed by atoms with Crippen LogP contribution in [0.3, 0.4) is 0 Å². The number of carbonyl (C=O) groups is 1. The molecule has 3 rings (SSSR count). The number of pyridine rings is 1. The fourth-order valence-corrected chi connectivity index (χ4v) is 3.17. The zero-order chi connectivity index (χ0) is 17.8. The number of esters is 1. The molecule has 0 radical (unpaired) electrons. The Morgan fingerprint density at radius 3 is 2.64 bits per heavy atom. The standard InChI is InChI=1S/C20H20N2O2S/c1-13(2)15-4-6-16(7-5-15)19-22-18(12-25-19)20(23)24-11-17-10-21-9-8-14(17)3/h4-10,12-13H,11H2,1-3H3. The summed E-state index contributed by atoms with van der Waals surface area (Å²) in [7, 11) is 0. The van der Waals surface area contributed by atoms with Crippen LogP contribution in [0.5, 0.6) is 0 Å². The van der Waals surface area contributed by atoms with E-state index in [2.05, 4.69) is 35.9 Å². The molecule has 3 aromatic rings. The van der Waals surface area contributed by atoms with Crippen molar-refractivity contribution in [2.45, 2.75) is 33.3 Å². The molecule has 0 aliphatic rings. The van der Waals surface area contributed by atoms with Gasteiger partial charge < -0.3 is 4.74 Å². The van der Waals surface area contributed by atoms with E-state index in [1.165, 1.54) is 16.9 Å². The molecule has 0 saturated carbocycles. The van der Waals surface area contributed by atoms with Crippen LogP contribution < -0.4 is 0 Å². The molecule has 0 aliphatic carbocycles. The number of aromatic nitrogens is 2. The summed E-state index contributed by atoms with van der Waals surface area (Å²) in [4.78, 5) is 20.7. The molecular weight excluding hydrogens is 332 g/mol. The van der Waals surface area contributed by atoms with Crippen molar-refractivity contribution in [3.63, 3.8) is 0 Å².